The number of nitrogens with one attached hydrogen (secondary N) is 1. The van der Waals surface area contributed by atoms with Crippen molar-refractivity contribution in [2.24, 2.45) is 0 Å². The van der Waals surface area contributed by atoms with Crippen molar-refractivity contribution in [3.05, 3.63) is 65.2 Å². The van der Waals surface area contributed by atoms with Crippen LogP contribution in [0.5, 0.6) is 0 Å². The Balaban J connectivity index is 1.84. The number of aryl methyl sites for hydroxylation is 2. The molecule has 5 heteroatoms. The molecule has 5 nitrogen and oxygen atoms in total. The van der Waals surface area contributed by atoms with Gasteiger partial charge in [0.25, 0.3) is 0 Å². The first-order valence-corrected chi connectivity index (χ1v) is 8.69. The molecular formula is C21H27N3O2. The van der Waals surface area contributed by atoms with E-state index < -0.39 is 0 Å². The highest BCUT2D eigenvalue weighted by Gasteiger charge is 2.15. The number of hydrogen-bond donors (Lipinski definition) is 1. The Morgan fingerprint density at radius 1 is 0.885 bits per heavy atom. The molecule has 2 rings (SSSR count). The van der Waals surface area contributed by atoms with E-state index in [1.807, 2.05) is 62.4 Å². The fourth-order valence-corrected chi connectivity index (χ4v) is 2.79. The van der Waals surface area contributed by atoms with Gasteiger partial charge in [-0.1, -0.05) is 48.5 Å². The lowest BCUT2D eigenvalue weighted by atomic mass is 10.1. The molecule has 0 heterocycles. The quantitative estimate of drug-likeness (QED) is 0.833. The molecule has 0 unspecified atom stereocenters. The summed E-state index contributed by atoms with van der Waals surface area (Å²) < 4.78 is 0. The van der Waals surface area contributed by atoms with E-state index >= 15 is 0 Å². The molecular weight excluding hydrogens is 326 g/mol. The molecule has 0 saturated heterocycles. The first-order chi connectivity index (χ1) is 12.4. The van der Waals surface area contributed by atoms with Gasteiger partial charge in [-0.15, -0.1) is 0 Å². The number of para-hydroxylation sites is 1. The maximum Gasteiger partial charge on any atom is 0.238 e. The zero-order valence-corrected chi connectivity index (χ0v) is 16.0. The second-order valence-corrected chi connectivity index (χ2v) is 6.72. The molecule has 0 atom stereocenters. The van der Waals surface area contributed by atoms with E-state index in [2.05, 4.69) is 5.32 Å². The van der Waals surface area contributed by atoms with Crippen molar-refractivity contribution < 1.29 is 9.59 Å². The Bertz CT molecular complexity index is 739. The molecule has 0 bridgehead atoms. The monoisotopic (exact) mass is 353 g/mol. The van der Waals surface area contributed by atoms with Crippen LogP contribution >= 0.6 is 0 Å². The number of benzene rings is 2. The number of rotatable bonds is 7. The molecule has 0 aliphatic rings. The Hall–Kier alpha value is -2.66. The zero-order chi connectivity index (χ0) is 19.1. The Labute approximate surface area is 155 Å². The number of hydrogen-bond acceptors (Lipinski definition) is 3. The number of nitrogens with zero attached hydrogens (tertiary/aromatic N) is 2. The van der Waals surface area contributed by atoms with Gasteiger partial charge in [0, 0.05) is 19.3 Å². The standard InChI is InChI=1S/C21H27N3O2/c1-16-9-8-10-17(2)21(16)22-19(25)14-23(3)15-20(26)24(4)13-18-11-6-5-7-12-18/h5-12H,13-15H2,1-4H3,(H,22,25). The molecule has 0 fully saturated rings. The van der Waals surface area contributed by atoms with Crippen molar-refractivity contribution in [2.75, 3.05) is 32.5 Å². The van der Waals surface area contributed by atoms with Crippen LogP contribution in [-0.4, -0.2) is 48.8 Å². The number of likely N-dealkylation sites (N-methyl/N-ethyl adjacent to an activating group) is 2. The molecule has 0 aliphatic carbocycles. The average molecular weight is 353 g/mol. The van der Waals surface area contributed by atoms with Crippen molar-refractivity contribution in [2.45, 2.75) is 20.4 Å². The van der Waals surface area contributed by atoms with Crippen LogP contribution in [0.2, 0.25) is 0 Å². The highest BCUT2D eigenvalue weighted by Crippen LogP contribution is 2.19. The lowest BCUT2D eigenvalue weighted by Gasteiger charge is -2.22. The van der Waals surface area contributed by atoms with E-state index in [0.29, 0.717) is 6.54 Å². The van der Waals surface area contributed by atoms with Crippen LogP contribution in [0.3, 0.4) is 0 Å². The fourth-order valence-electron chi connectivity index (χ4n) is 2.79. The molecule has 26 heavy (non-hydrogen) atoms. The van der Waals surface area contributed by atoms with Crippen LogP contribution in [0.15, 0.2) is 48.5 Å². The second-order valence-electron chi connectivity index (χ2n) is 6.72. The predicted octanol–water partition coefficient (Wildman–Crippen LogP) is 2.83. The molecule has 2 amide bonds. The topological polar surface area (TPSA) is 52.7 Å². The number of carbonyl (C=O) groups excluding carboxylic acids is 2. The van der Waals surface area contributed by atoms with Gasteiger partial charge in [-0.3, -0.25) is 14.5 Å². The van der Waals surface area contributed by atoms with Gasteiger partial charge in [0.15, 0.2) is 0 Å². The lowest BCUT2D eigenvalue weighted by molar-refractivity contribution is -0.131. The summed E-state index contributed by atoms with van der Waals surface area (Å²) in [6.45, 7) is 4.85. The van der Waals surface area contributed by atoms with Gasteiger partial charge >= 0.3 is 0 Å². The highest BCUT2D eigenvalue weighted by molar-refractivity contribution is 5.94. The first-order valence-electron chi connectivity index (χ1n) is 8.69. The van der Waals surface area contributed by atoms with E-state index in [-0.39, 0.29) is 24.9 Å². The van der Waals surface area contributed by atoms with Crippen LogP contribution in [0, 0.1) is 13.8 Å². The third-order valence-corrected chi connectivity index (χ3v) is 4.25. The predicted molar refractivity (Wildman–Crippen MR) is 105 cm³/mol. The Morgan fingerprint density at radius 2 is 1.50 bits per heavy atom. The SMILES string of the molecule is Cc1cccc(C)c1NC(=O)CN(C)CC(=O)N(C)Cc1ccccc1. The molecule has 1 N–H and O–H groups in total. The third kappa shape index (κ3) is 5.70. The third-order valence-electron chi connectivity index (χ3n) is 4.25. The smallest absolute Gasteiger partial charge is 0.238 e. The summed E-state index contributed by atoms with van der Waals surface area (Å²) in [5, 5.41) is 2.95. The van der Waals surface area contributed by atoms with Gasteiger partial charge in [-0.25, -0.2) is 0 Å². The first kappa shape index (κ1) is 19.7. The van der Waals surface area contributed by atoms with E-state index in [4.69, 9.17) is 0 Å². The highest BCUT2D eigenvalue weighted by atomic mass is 16.2. The zero-order valence-electron chi connectivity index (χ0n) is 16.0. The number of anilines is 1. The van der Waals surface area contributed by atoms with Gasteiger partial charge in [-0.2, -0.15) is 0 Å². The van der Waals surface area contributed by atoms with Crippen LogP contribution in [0.1, 0.15) is 16.7 Å². The van der Waals surface area contributed by atoms with Gasteiger partial charge in [-0.05, 0) is 37.6 Å². The van der Waals surface area contributed by atoms with Crippen molar-refractivity contribution >= 4 is 17.5 Å². The minimum absolute atomic E-state index is 0.0174. The molecule has 138 valence electrons. The van der Waals surface area contributed by atoms with Gasteiger partial charge in [0.05, 0.1) is 13.1 Å². The van der Waals surface area contributed by atoms with Gasteiger partial charge in [0.2, 0.25) is 11.8 Å². The lowest BCUT2D eigenvalue weighted by Crippen LogP contribution is -2.39. The van der Waals surface area contributed by atoms with Crippen molar-refractivity contribution in [1.82, 2.24) is 9.80 Å². The average Bonchev–Trinajstić information content (AvgIpc) is 2.59. The van der Waals surface area contributed by atoms with Crippen LogP contribution in [0.4, 0.5) is 5.69 Å². The van der Waals surface area contributed by atoms with Crippen LogP contribution in [0.25, 0.3) is 0 Å². The number of carbonyl (C=O) groups is 2. The maximum atomic E-state index is 12.4. The summed E-state index contributed by atoms with van der Waals surface area (Å²) in [5.74, 6) is -0.139. The molecule has 0 aliphatic heterocycles. The summed E-state index contributed by atoms with van der Waals surface area (Å²) in [6, 6.07) is 15.7. The Morgan fingerprint density at radius 3 is 2.12 bits per heavy atom. The fraction of sp³-hybridized carbons (Fsp3) is 0.333. The van der Waals surface area contributed by atoms with Crippen LogP contribution < -0.4 is 5.32 Å². The summed E-state index contributed by atoms with van der Waals surface area (Å²) in [4.78, 5) is 28.1. The normalized spacial score (nSPS) is 10.7. The molecule has 0 saturated carbocycles. The molecule has 2 aromatic rings. The van der Waals surface area contributed by atoms with E-state index in [1.54, 1.807) is 23.9 Å². The van der Waals surface area contributed by atoms with E-state index in [0.717, 1.165) is 22.4 Å². The van der Waals surface area contributed by atoms with Crippen LogP contribution in [-0.2, 0) is 16.1 Å². The molecule has 0 spiro atoms. The Kier molecular flexibility index (Phi) is 6.92. The largest absolute Gasteiger partial charge is 0.340 e. The summed E-state index contributed by atoms with van der Waals surface area (Å²) in [7, 11) is 3.55. The van der Waals surface area contributed by atoms with Crippen molar-refractivity contribution in [1.29, 1.82) is 0 Å². The summed E-state index contributed by atoms with van der Waals surface area (Å²) in [6.07, 6.45) is 0. The maximum absolute atomic E-state index is 12.4. The molecule has 0 aromatic heterocycles. The van der Waals surface area contributed by atoms with Gasteiger partial charge < -0.3 is 10.2 Å². The van der Waals surface area contributed by atoms with Gasteiger partial charge in [0.1, 0.15) is 0 Å². The minimum Gasteiger partial charge on any atom is -0.340 e. The van der Waals surface area contributed by atoms with E-state index in [1.165, 1.54) is 0 Å². The van der Waals surface area contributed by atoms with E-state index in [9.17, 15) is 9.59 Å². The number of amides is 2. The van der Waals surface area contributed by atoms with Crippen molar-refractivity contribution in [3.63, 3.8) is 0 Å². The summed E-state index contributed by atoms with van der Waals surface area (Å²) in [5.41, 5.74) is 3.98. The summed E-state index contributed by atoms with van der Waals surface area (Å²) >= 11 is 0. The van der Waals surface area contributed by atoms with Crippen molar-refractivity contribution in [3.8, 4) is 0 Å². The molecule has 2 aromatic carbocycles. The second kappa shape index (κ2) is 9.15. The minimum atomic E-state index is -0.122. The molecule has 0 radical (unpaired) electrons.